The van der Waals surface area contributed by atoms with Crippen LogP contribution in [0, 0.1) is 17.3 Å². The lowest BCUT2D eigenvalue weighted by Gasteiger charge is -2.50. The molecule has 0 saturated heterocycles. The van der Waals surface area contributed by atoms with Crippen LogP contribution in [0.25, 0.3) is 0 Å². The normalized spacial score (nSPS) is 35.1. The van der Waals surface area contributed by atoms with Gasteiger partial charge in [0.2, 0.25) is 0 Å². The van der Waals surface area contributed by atoms with Crippen molar-refractivity contribution in [2.75, 3.05) is 6.61 Å². The van der Waals surface area contributed by atoms with Crippen LogP contribution in [0.3, 0.4) is 0 Å². The Hall–Kier alpha value is -1.31. The highest BCUT2D eigenvalue weighted by Gasteiger charge is 2.54. The van der Waals surface area contributed by atoms with Gasteiger partial charge in [-0.05, 0) is 91.9 Å². The number of rotatable bonds is 4. The summed E-state index contributed by atoms with van der Waals surface area (Å²) >= 11 is 0. The van der Waals surface area contributed by atoms with Crippen LogP contribution >= 0.6 is 0 Å². The molecule has 0 heterocycles. The molecule has 3 unspecified atom stereocenters. The molecule has 3 aliphatic carbocycles. The predicted octanol–water partition coefficient (Wildman–Crippen LogP) is 2.88. The smallest absolute Gasteiger partial charge is 0.380 e. The van der Waals surface area contributed by atoms with Crippen LogP contribution in [0.15, 0.2) is 12.1 Å². The number of benzene rings is 1. The van der Waals surface area contributed by atoms with E-state index >= 15 is 0 Å². The molecule has 7 heteroatoms. The molecule has 27 heavy (non-hydrogen) atoms. The van der Waals surface area contributed by atoms with Gasteiger partial charge in [-0.2, -0.15) is 13.6 Å². The summed E-state index contributed by atoms with van der Waals surface area (Å²) < 4.78 is 33.5. The molecule has 5 atom stereocenters. The first-order chi connectivity index (χ1) is 12.7. The molecule has 1 aromatic carbocycles. The number of hydrogen-bond donors (Lipinski definition) is 2. The molecule has 0 amide bonds. The van der Waals surface area contributed by atoms with E-state index in [4.69, 9.17) is 14.1 Å². The molecule has 0 radical (unpaired) electrons. The molecule has 4 rings (SSSR count). The zero-order valence-corrected chi connectivity index (χ0v) is 16.8. The van der Waals surface area contributed by atoms with E-state index in [0.29, 0.717) is 30.1 Å². The molecule has 3 aliphatic rings. The Labute approximate surface area is 161 Å². The van der Waals surface area contributed by atoms with Crippen molar-refractivity contribution in [3.8, 4) is 11.5 Å². The lowest BCUT2D eigenvalue weighted by atomic mass is 9.55. The van der Waals surface area contributed by atoms with Crippen molar-refractivity contribution in [1.29, 1.82) is 0 Å². The van der Waals surface area contributed by atoms with Gasteiger partial charge < -0.3 is 14.0 Å². The van der Waals surface area contributed by atoms with Gasteiger partial charge in [0.1, 0.15) is 0 Å². The second-order valence-electron chi connectivity index (χ2n) is 8.56. The van der Waals surface area contributed by atoms with Crippen LogP contribution in [0.1, 0.15) is 63.0 Å². The van der Waals surface area contributed by atoms with E-state index in [0.717, 1.165) is 44.1 Å². The maximum absolute atomic E-state index is 11.4. The summed E-state index contributed by atoms with van der Waals surface area (Å²) in [6.45, 7) is 4.53. The summed E-state index contributed by atoms with van der Waals surface area (Å²) in [6.07, 6.45) is 5.83. The van der Waals surface area contributed by atoms with Crippen LogP contribution in [0.2, 0.25) is 0 Å². The van der Waals surface area contributed by atoms with Crippen LogP contribution in [-0.4, -0.2) is 26.2 Å². The SMILES string of the molecule is CCOc1cc2c(cc1OS(N)(=O)=O)CCC1C2CC[C@@]2(C)C1CC[C@@H]2O. The molecule has 2 fully saturated rings. The quantitative estimate of drug-likeness (QED) is 0.817. The van der Waals surface area contributed by atoms with Gasteiger partial charge in [-0.15, -0.1) is 0 Å². The summed E-state index contributed by atoms with van der Waals surface area (Å²) in [5.41, 5.74) is 2.42. The molecule has 6 nitrogen and oxygen atoms in total. The van der Waals surface area contributed by atoms with Crippen LogP contribution < -0.4 is 14.1 Å². The van der Waals surface area contributed by atoms with Crippen molar-refractivity contribution < 1.29 is 22.4 Å². The molecule has 1 aromatic rings. The monoisotopic (exact) mass is 395 g/mol. The number of aliphatic hydroxyl groups is 1. The highest BCUT2D eigenvalue weighted by atomic mass is 32.2. The number of aliphatic hydroxyl groups excluding tert-OH is 1. The standard InChI is InChI=1S/C20H29NO5S/c1-3-25-17-11-15-12(10-18(17)26-27(21,23)24)4-5-14-13(15)8-9-20(2)16(14)6-7-19(20)22/h10-11,13-14,16,19,22H,3-9H2,1-2H3,(H2,21,23,24)/t13?,14?,16?,19-,20-/m0/s1. The minimum absolute atomic E-state index is 0.0398. The number of hydrogen-bond acceptors (Lipinski definition) is 5. The minimum atomic E-state index is -4.10. The fourth-order valence-electron chi connectivity index (χ4n) is 6.01. The Balaban J connectivity index is 1.71. The largest absolute Gasteiger partial charge is 0.490 e. The van der Waals surface area contributed by atoms with Gasteiger partial charge in [-0.1, -0.05) is 6.92 Å². The first-order valence-electron chi connectivity index (χ1n) is 9.93. The molecule has 0 spiro atoms. The predicted molar refractivity (Wildman–Crippen MR) is 102 cm³/mol. The van der Waals surface area contributed by atoms with Crippen molar-refractivity contribution in [3.63, 3.8) is 0 Å². The van der Waals surface area contributed by atoms with Crippen molar-refractivity contribution in [1.82, 2.24) is 0 Å². The topological polar surface area (TPSA) is 98.9 Å². The number of fused-ring (bicyclic) bond motifs is 5. The zero-order chi connectivity index (χ0) is 19.4. The fourth-order valence-corrected chi connectivity index (χ4v) is 6.39. The minimum Gasteiger partial charge on any atom is -0.490 e. The van der Waals surface area contributed by atoms with E-state index in [1.165, 1.54) is 5.56 Å². The van der Waals surface area contributed by atoms with Crippen molar-refractivity contribution in [2.24, 2.45) is 22.4 Å². The summed E-state index contributed by atoms with van der Waals surface area (Å²) in [5.74, 6) is 2.15. The first kappa shape index (κ1) is 19.0. The maximum atomic E-state index is 11.4. The van der Waals surface area contributed by atoms with Crippen molar-refractivity contribution >= 4 is 10.3 Å². The van der Waals surface area contributed by atoms with E-state index < -0.39 is 10.3 Å². The Morgan fingerprint density at radius 2 is 2.00 bits per heavy atom. The highest BCUT2D eigenvalue weighted by molar-refractivity contribution is 7.84. The summed E-state index contributed by atoms with van der Waals surface area (Å²) in [6, 6.07) is 3.75. The van der Waals surface area contributed by atoms with Gasteiger partial charge in [0.15, 0.2) is 11.5 Å². The van der Waals surface area contributed by atoms with E-state index in [1.807, 2.05) is 13.0 Å². The van der Waals surface area contributed by atoms with Gasteiger partial charge >= 0.3 is 10.3 Å². The number of nitrogens with two attached hydrogens (primary N) is 1. The number of aryl methyl sites for hydroxylation is 1. The fraction of sp³-hybridized carbons (Fsp3) is 0.700. The van der Waals surface area contributed by atoms with E-state index in [2.05, 4.69) is 6.92 Å². The number of ether oxygens (including phenoxy) is 1. The van der Waals surface area contributed by atoms with Crippen molar-refractivity contribution in [2.45, 2.75) is 64.4 Å². The Morgan fingerprint density at radius 1 is 1.22 bits per heavy atom. The van der Waals surface area contributed by atoms with E-state index in [-0.39, 0.29) is 17.3 Å². The third kappa shape index (κ3) is 3.23. The summed E-state index contributed by atoms with van der Waals surface area (Å²) in [4.78, 5) is 0. The zero-order valence-electron chi connectivity index (χ0n) is 16.0. The Kier molecular flexibility index (Phi) is 4.68. The van der Waals surface area contributed by atoms with Gasteiger partial charge in [0.05, 0.1) is 12.7 Å². The molecule has 0 aromatic heterocycles. The Morgan fingerprint density at radius 3 is 2.70 bits per heavy atom. The first-order valence-corrected chi connectivity index (χ1v) is 11.4. The average Bonchev–Trinajstić information content (AvgIpc) is 2.89. The lowest BCUT2D eigenvalue weighted by Crippen LogP contribution is -2.43. The molecule has 0 aliphatic heterocycles. The van der Waals surface area contributed by atoms with Crippen LogP contribution in [0.4, 0.5) is 0 Å². The van der Waals surface area contributed by atoms with Gasteiger partial charge in [-0.25, -0.2) is 0 Å². The van der Waals surface area contributed by atoms with Gasteiger partial charge in [0.25, 0.3) is 0 Å². The summed E-state index contributed by atoms with van der Waals surface area (Å²) in [7, 11) is -4.10. The molecule has 150 valence electrons. The van der Waals surface area contributed by atoms with Crippen LogP contribution in [-0.2, 0) is 16.7 Å². The highest BCUT2D eigenvalue weighted by Crippen LogP contribution is 2.61. The molecular weight excluding hydrogens is 366 g/mol. The molecule has 3 N–H and O–H groups in total. The van der Waals surface area contributed by atoms with E-state index in [9.17, 15) is 13.5 Å². The average molecular weight is 396 g/mol. The second-order valence-corrected chi connectivity index (χ2v) is 9.71. The lowest BCUT2D eigenvalue weighted by molar-refractivity contribution is -0.0226. The molecule has 0 bridgehead atoms. The van der Waals surface area contributed by atoms with E-state index in [1.54, 1.807) is 6.07 Å². The van der Waals surface area contributed by atoms with Crippen molar-refractivity contribution in [3.05, 3.63) is 23.3 Å². The van der Waals surface area contributed by atoms with Crippen LogP contribution in [0.5, 0.6) is 11.5 Å². The molecular formula is C20H29NO5S. The third-order valence-electron chi connectivity index (χ3n) is 7.24. The summed E-state index contributed by atoms with van der Waals surface area (Å²) in [5, 5.41) is 15.6. The Bertz CT molecular complexity index is 839. The second kappa shape index (κ2) is 6.64. The maximum Gasteiger partial charge on any atom is 0.380 e. The van der Waals surface area contributed by atoms with Gasteiger partial charge in [0, 0.05) is 0 Å². The molecule has 2 saturated carbocycles. The van der Waals surface area contributed by atoms with Gasteiger partial charge in [-0.3, -0.25) is 0 Å². The third-order valence-corrected chi connectivity index (χ3v) is 7.66.